The van der Waals surface area contributed by atoms with Crippen LogP contribution < -0.4 is 5.32 Å². The molecule has 100 valence electrons. The lowest BCUT2D eigenvalue weighted by Gasteiger charge is -2.28. The molecule has 0 saturated heterocycles. The molecule has 0 radical (unpaired) electrons. The normalized spacial score (nSPS) is 31.8. The van der Waals surface area contributed by atoms with Gasteiger partial charge < -0.3 is 5.32 Å². The molecule has 4 atom stereocenters. The van der Waals surface area contributed by atoms with E-state index in [1.54, 1.807) is 0 Å². The van der Waals surface area contributed by atoms with Gasteiger partial charge in [0.05, 0.1) is 0 Å². The largest absolute Gasteiger partial charge is 0.358 e. The van der Waals surface area contributed by atoms with Crippen molar-refractivity contribution in [2.75, 3.05) is 5.32 Å². The summed E-state index contributed by atoms with van der Waals surface area (Å²) in [6, 6.07) is 0.558. The molecule has 2 saturated carbocycles. The van der Waals surface area contributed by atoms with Crippen molar-refractivity contribution in [1.82, 2.24) is 9.36 Å². The van der Waals surface area contributed by atoms with Gasteiger partial charge in [-0.25, -0.2) is 4.98 Å². The minimum atomic E-state index is 0.558. The summed E-state index contributed by atoms with van der Waals surface area (Å²) in [4.78, 5) is 4.57. The van der Waals surface area contributed by atoms with E-state index in [0.29, 0.717) is 6.04 Å². The first kappa shape index (κ1) is 12.4. The van der Waals surface area contributed by atoms with Gasteiger partial charge in [0.1, 0.15) is 5.82 Å². The lowest BCUT2D eigenvalue weighted by atomic mass is 9.84. The summed E-state index contributed by atoms with van der Waals surface area (Å²) in [5.74, 6) is 3.86. The van der Waals surface area contributed by atoms with Crippen molar-refractivity contribution in [3.8, 4) is 0 Å². The van der Waals surface area contributed by atoms with Crippen LogP contribution in [0.3, 0.4) is 0 Å². The number of nitrogens with one attached hydrogen (secondary N) is 1. The number of aryl methyl sites for hydroxylation is 1. The van der Waals surface area contributed by atoms with Crippen LogP contribution in [0.1, 0.15) is 51.8 Å². The molecule has 2 bridgehead atoms. The molecule has 1 heterocycles. The minimum Gasteiger partial charge on any atom is -0.358 e. The van der Waals surface area contributed by atoms with Crippen molar-refractivity contribution < 1.29 is 0 Å². The highest BCUT2D eigenvalue weighted by Gasteiger charge is 2.41. The van der Waals surface area contributed by atoms with Gasteiger partial charge in [0.2, 0.25) is 5.13 Å². The summed E-state index contributed by atoms with van der Waals surface area (Å²) in [6.07, 6.45) is 7.97. The molecule has 4 heteroatoms. The average molecular weight is 265 g/mol. The Bertz CT molecular complexity index is 403. The number of hydrogen-bond acceptors (Lipinski definition) is 4. The Labute approximate surface area is 114 Å². The highest BCUT2D eigenvalue weighted by molar-refractivity contribution is 7.09. The topological polar surface area (TPSA) is 37.8 Å². The molecule has 1 aromatic heterocycles. The molecular formula is C14H23N3S. The molecule has 0 aliphatic heterocycles. The summed E-state index contributed by atoms with van der Waals surface area (Å²) in [7, 11) is 0. The van der Waals surface area contributed by atoms with Gasteiger partial charge in [-0.05, 0) is 50.4 Å². The summed E-state index contributed by atoms with van der Waals surface area (Å²) >= 11 is 1.52. The quantitative estimate of drug-likeness (QED) is 0.881. The molecule has 2 aliphatic rings. The fourth-order valence-corrected chi connectivity index (χ4v) is 4.55. The Morgan fingerprint density at radius 3 is 2.94 bits per heavy atom. The van der Waals surface area contributed by atoms with Crippen molar-refractivity contribution in [3.05, 3.63) is 5.82 Å². The first-order valence-corrected chi connectivity index (χ1v) is 8.12. The van der Waals surface area contributed by atoms with Crippen molar-refractivity contribution in [2.45, 2.75) is 58.4 Å². The van der Waals surface area contributed by atoms with E-state index in [4.69, 9.17) is 0 Å². The summed E-state index contributed by atoms with van der Waals surface area (Å²) in [5.41, 5.74) is 0. The first-order valence-electron chi connectivity index (χ1n) is 7.35. The molecule has 3 nitrogen and oxygen atoms in total. The van der Waals surface area contributed by atoms with Crippen LogP contribution in [-0.2, 0) is 6.42 Å². The van der Waals surface area contributed by atoms with Gasteiger partial charge >= 0.3 is 0 Å². The fourth-order valence-electron chi connectivity index (χ4n) is 3.85. The molecule has 1 N–H and O–H groups in total. The molecule has 4 unspecified atom stereocenters. The third-order valence-corrected chi connectivity index (χ3v) is 5.41. The van der Waals surface area contributed by atoms with E-state index < -0.39 is 0 Å². The Morgan fingerprint density at radius 1 is 1.39 bits per heavy atom. The van der Waals surface area contributed by atoms with Crippen LogP contribution in [0.4, 0.5) is 5.13 Å². The second-order valence-electron chi connectivity index (χ2n) is 6.04. The Morgan fingerprint density at radius 2 is 2.28 bits per heavy atom. The van der Waals surface area contributed by atoms with E-state index >= 15 is 0 Å². The lowest BCUT2D eigenvalue weighted by molar-refractivity contribution is 0.304. The summed E-state index contributed by atoms with van der Waals surface area (Å²) < 4.78 is 4.40. The highest BCUT2D eigenvalue weighted by Crippen LogP contribution is 2.49. The van der Waals surface area contributed by atoms with E-state index in [9.17, 15) is 0 Å². The molecule has 2 aliphatic carbocycles. The van der Waals surface area contributed by atoms with E-state index in [2.05, 4.69) is 28.5 Å². The van der Waals surface area contributed by atoms with Crippen LogP contribution in [-0.4, -0.2) is 15.4 Å². The molecule has 2 fully saturated rings. The van der Waals surface area contributed by atoms with Gasteiger partial charge in [-0.3, -0.25) is 0 Å². The Hall–Kier alpha value is -0.640. The monoisotopic (exact) mass is 265 g/mol. The lowest BCUT2D eigenvalue weighted by Crippen LogP contribution is -2.29. The van der Waals surface area contributed by atoms with Crippen molar-refractivity contribution in [1.29, 1.82) is 0 Å². The summed E-state index contributed by atoms with van der Waals surface area (Å²) in [6.45, 7) is 4.50. The third-order valence-electron chi connectivity index (χ3n) is 4.73. The third kappa shape index (κ3) is 2.40. The predicted molar refractivity (Wildman–Crippen MR) is 75.9 cm³/mol. The number of fused-ring (bicyclic) bond motifs is 2. The molecule has 3 rings (SSSR count). The summed E-state index contributed by atoms with van der Waals surface area (Å²) in [5, 5.41) is 4.61. The van der Waals surface area contributed by atoms with Crippen molar-refractivity contribution in [2.24, 2.45) is 17.8 Å². The zero-order valence-electron chi connectivity index (χ0n) is 11.4. The number of nitrogens with zero attached hydrogens (tertiary/aromatic N) is 2. The van der Waals surface area contributed by atoms with E-state index in [1.165, 1.54) is 37.2 Å². The van der Waals surface area contributed by atoms with E-state index in [1.807, 2.05) is 0 Å². The van der Waals surface area contributed by atoms with Gasteiger partial charge in [0, 0.05) is 24.0 Å². The standard InChI is InChI=1S/C14H23N3S/c1-3-4-13-16-14(18-17-13)15-9(2)12-8-10-5-6-11(12)7-10/h9-12H,3-8H2,1-2H3,(H,15,16,17). The number of rotatable bonds is 5. The first-order chi connectivity index (χ1) is 8.76. The molecule has 1 aromatic rings. The zero-order valence-corrected chi connectivity index (χ0v) is 12.2. The van der Waals surface area contributed by atoms with Gasteiger partial charge in [0.15, 0.2) is 0 Å². The molecule has 0 spiro atoms. The van der Waals surface area contributed by atoms with E-state index in [0.717, 1.165) is 41.6 Å². The Kier molecular flexibility index (Phi) is 3.55. The van der Waals surface area contributed by atoms with Crippen LogP contribution in [0.25, 0.3) is 0 Å². The second kappa shape index (κ2) is 5.16. The van der Waals surface area contributed by atoms with Gasteiger partial charge in [0.25, 0.3) is 0 Å². The second-order valence-corrected chi connectivity index (χ2v) is 6.79. The highest BCUT2D eigenvalue weighted by atomic mass is 32.1. The fraction of sp³-hybridized carbons (Fsp3) is 0.857. The maximum Gasteiger partial charge on any atom is 0.202 e. The molecular weight excluding hydrogens is 242 g/mol. The average Bonchev–Trinajstić information content (AvgIpc) is 3.05. The maximum absolute atomic E-state index is 4.57. The van der Waals surface area contributed by atoms with Crippen LogP contribution in [0.2, 0.25) is 0 Å². The SMILES string of the molecule is CCCc1nsc(NC(C)C2CC3CCC2C3)n1. The van der Waals surface area contributed by atoms with Gasteiger partial charge in [-0.2, -0.15) is 4.37 Å². The maximum atomic E-state index is 4.57. The molecule has 0 amide bonds. The van der Waals surface area contributed by atoms with E-state index in [-0.39, 0.29) is 0 Å². The number of hydrogen-bond donors (Lipinski definition) is 1. The van der Waals surface area contributed by atoms with Crippen molar-refractivity contribution in [3.63, 3.8) is 0 Å². The van der Waals surface area contributed by atoms with Crippen LogP contribution in [0.15, 0.2) is 0 Å². The van der Waals surface area contributed by atoms with Gasteiger partial charge in [-0.15, -0.1) is 0 Å². The van der Waals surface area contributed by atoms with Crippen LogP contribution in [0, 0.1) is 17.8 Å². The Balaban J connectivity index is 1.58. The van der Waals surface area contributed by atoms with Crippen molar-refractivity contribution >= 4 is 16.7 Å². The number of aromatic nitrogens is 2. The van der Waals surface area contributed by atoms with Crippen LogP contribution >= 0.6 is 11.5 Å². The number of anilines is 1. The van der Waals surface area contributed by atoms with Gasteiger partial charge in [-0.1, -0.05) is 13.3 Å². The minimum absolute atomic E-state index is 0.558. The van der Waals surface area contributed by atoms with Crippen LogP contribution in [0.5, 0.6) is 0 Å². The molecule has 18 heavy (non-hydrogen) atoms. The zero-order chi connectivity index (χ0) is 12.5. The predicted octanol–water partition coefficient (Wildman–Crippen LogP) is 3.73. The smallest absolute Gasteiger partial charge is 0.202 e. The molecule has 0 aromatic carbocycles.